The molecule has 0 aromatic rings. The first-order valence-electron chi connectivity index (χ1n) is 15.9. The van der Waals surface area contributed by atoms with Gasteiger partial charge in [-0.1, -0.05) is 45.3 Å². The average Bonchev–Trinajstić information content (AvgIpc) is 3.27. The molecule has 2 saturated carbocycles. The fraction of sp³-hybridized carbons (Fsp3) is 0.727. The van der Waals surface area contributed by atoms with Gasteiger partial charge in [0.15, 0.2) is 0 Å². The summed E-state index contributed by atoms with van der Waals surface area (Å²) in [5.74, 6) is -2.25. The minimum absolute atomic E-state index is 0.0610. The Kier molecular flexibility index (Phi) is 11.6. The van der Waals surface area contributed by atoms with E-state index in [2.05, 4.69) is 43.0 Å². The highest BCUT2D eigenvalue weighted by Gasteiger charge is 2.69. The maximum Gasteiger partial charge on any atom is 0.408 e. The van der Waals surface area contributed by atoms with E-state index in [9.17, 15) is 24.0 Å². The number of piperidine rings is 1. The van der Waals surface area contributed by atoms with Crippen molar-refractivity contribution in [2.24, 2.45) is 23.2 Å². The molecule has 0 aromatic heterocycles. The molecule has 43 heavy (non-hydrogen) atoms. The van der Waals surface area contributed by atoms with Gasteiger partial charge in [0.05, 0.1) is 6.04 Å². The van der Waals surface area contributed by atoms with Crippen LogP contribution >= 0.6 is 0 Å². The van der Waals surface area contributed by atoms with Crippen LogP contribution in [0.25, 0.3) is 0 Å². The molecule has 10 nitrogen and oxygen atoms in total. The molecule has 1 aliphatic heterocycles. The number of carbonyl (C=O) groups is 5. The van der Waals surface area contributed by atoms with Crippen LogP contribution in [0.4, 0.5) is 4.79 Å². The zero-order valence-electron chi connectivity index (χ0n) is 26.7. The molecule has 240 valence electrons. The number of fused-ring (bicyclic) bond motifs is 1. The third-order valence-electron chi connectivity index (χ3n) is 9.21. The summed E-state index contributed by atoms with van der Waals surface area (Å²) in [5.41, 5.74) is -0.877. The van der Waals surface area contributed by atoms with Crippen molar-refractivity contribution in [2.45, 2.75) is 116 Å². The van der Waals surface area contributed by atoms with Crippen molar-refractivity contribution in [3.63, 3.8) is 0 Å². The van der Waals surface area contributed by atoms with Crippen molar-refractivity contribution in [1.82, 2.24) is 20.9 Å². The van der Waals surface area contributed by atoms with Crippen molar-refractivity contribution >= 4 is 29.6 Å². The van der Waals surface area contributed by atoms with Crippen LogP contribution in [0.3, 0.4) is 0 Å². The lowest BCUT2D eigenvalue weighted by atomic mass is 9.83. The Morgan fingerprint density at radius 3 is 2.26 bits per heavy atom. The highest BCUT2D eigenvalue weighted by Crippen LogP contribution is 2.65. The first kappa shape index (κ1) is 34.3. The Labute approximate surface area is 256 Å². The Hall–Kier alpha value is -3.17. The summed E-state index contributed by atoms with van der Waals surface area (Å²) in [6, 6.07) is -2.67. The highest BCUT2D eigenvalue weighted by atomic mass is 16.6. The van der Waals surface area contributed by atoms with Gasteiger partial charge in [-0.2, -0.15) is 0 Å². The van der Waals surface area contributed by atoms with Crippen LogP contribution in [-0.2, 0) is 23.9 Å². The molecule has 0 radical (unpaired) electrons. The van der Waals surface area contributed by atoms with Crippen LogP contribution in [0, 0.1) is 23.2 Å². The molecule has 3 fully saturated rings. The first-order chi connectivity index (χ1) is 20.2. The van der Waals surface area contributed by atoms with Gasteiger partial charge in [-0.3, -0.25) is 19.2 Å². The van der Waals surface area contributed by atoms with Gasteiger partial charge in [0.1, 0.15) is 17.7 Å². The number of alkyl carbamates (subject to hydrolysis) is 1. The third kappa shape index (κ3) is 8.70. The molecule has 3 N–H and O–H groups in total. The quantitative estimate of drug-likeness (QED) is 0.157. The molecule has 3 rings (SSSR count). The largest absolute Gasteiger partial charge is 0.444 e. The number of amides is 4. The fourth-order valence-electron chi connectivity index (χ4n) is 6.78. The second-order valence-electron chi connectivity index (χ2n) is 13.9. The number of ketones is 1. The average molecular weight is 601 g/mol. The summed E-state index contributed by atoms with van der Waals surface area (Å²) in [6.45, 7) is 17.6. The van der Waals surface area contributed by atoms with E-state index in [1.807, 2.05) is 0 Å². The number of ether oxygens (including phenoxy) is 1. The molecule has 0 spiro atoms. The van der Waals surface area contributed by atoms with Crippen molar-refractivity contribution in [3.05, 3.63) is 25.3 Å². The van der Waals surface area contributed by atoms with E-state index in [-0.39, 0.29) is 35.5 Å². The molecule has 2 aliphatic carbocycles. The number of rotatable bonds is 14. The summed E-state index contributed by atoms with van der Waals surface area (Å²) in [4.78, 5) is 68.4. The minimum atomic E-state index is -1.04. The van der Waals surface area contributed by atoms with Crippen LogP contribution in [0.1, 0.15) is 92.4 Å². The number of hydrogen-bond acceptors (Lipinski definition) is 6. The maximum absolute atomic E-state index is 14.2. The van der Waals surface area contributed by atoms with Crippen molar-refractivity contribution in [2.75, 3.05) is 13.1 Å². The predicted molar refractivity (Wildman–Crippen MR) is 165 cm³/mol. The minimum Gasteiger partial charge on any atom is -0.444 e. The molecule has 1 heterocycles. The predicted octanol–water partition coefficient (Wildman–Crippen LogP) is 4.05. The SMILES string of the molecule is C=CCCCNC(=O)C(=O)C(CCC=C)NC(=O)[C@@H]1[C@H]2[C@@H](CN1C(=O)[C@@H](NC(=O)OC(C)(C)C)C1CCCCC1)C2(C)C. The van der Waals surface area contributed by atoms with E-state index in [0.29, 0.717) is 32.4 Å². The normalized spacial score (nSPS) is 24.1. The Morgan fingerprint density at radius 1 is 1.00 bits per heavy atom. The monoisotopic (exact) mass is 600 g/mol. The molecule has 5 atom stereocenters. The number of carbonyl (C=O) groups excluding carboxylic acids is 5. The van der Waals surface area contributed by atoms with Crippen molar-refractivity contribution in [1.29, 1.82) is 0 Å². The summed E-state index contributed by atoms with van der Waals surface area (Å²) in [7, 11) is 0. The molecular formula is C33H52N4O6. The molecule has 10 heteroatoms. The molecule has 0 bridgehead atoms. The molecule has 0 aromatic carbocycles. The standard InChI is InChI=1S/C33H52N4O6/c1-8-10-15-19-34-29(40)27(38)23(18-11-9-2)35-28(39)26-24-22(33(24,6)7)20-37(26)30(41)25(21-16-13-12-14-17-21)36-31(42)43-32(3,4)5/h8-9,21-26H,1-2,10-20H2,3-7H3,(H,34,40)(H,35,39)(H,36,42)/t22-,23?,24-,25+,26+/m1/s1. The van der Waals surface area contributed by atoms with Crippen LogP contribution in [-0.4, -0.2) is 71.3 Å². The second-order valence-corrected chi connectivity index (χ2v) is 13.9. The van der Waals surface area contributed by atoms with Gasteiger partial charge in [-0.25, -0.2) is 4.79 Å². The fourth-order valence-corrected chi connectivity index (χ4v) is 6.78. The van der Waals surface area contributed by atoms with E-state index in [4.69, 9.17) is 4.74 Å². The number of allylic oxidation sites excluding steroid dienone is 2. The Bertz CT molecular complexity index is 1070. The molecule has 3 aliphatic rings. The first-order valence-corrected chi connectivity index (χ1v) is 15.9. The topological polar surface area (TPSA) is 134 Å². The molecule has 1 unspecified atom stereocenters. The molecule has 1 saturated heterocycles. The number of Topliss-reactive ketones (excluding diaryl/α,β-unsaturated/α-hetero) is 1. The van der Waals surface area contributed by atoms with Gasteiger partial charge in [0, 0.05) is 13.1 Å². The third-order valence-corrected chi connectivity index (χ3v) is 9.21. The van der Waals surface area contributed by atoms with Crippen molar-refractivity contribution < 1.29 is 28.7 Å². The van der Waals surface area contributed by atoms with Gasteiger partial charge in [-0.15, -0.1) is 13.2 Å². The van der Waals surface area contributed by atoms with E-state index in [0.717, 1.165) is 32.1 Å². The summed E-state index contributed by atoms with van der Waals surface area (Å²) in [6.07, 6.45) is 9.35. The summed E-state index contributed by atoms with van der Waals surface area (Å²) >= 11 is 0. The second kappa shape index (κ2) is 14.5. The van der Waals surface area contributed by atoms with Gasteiger partial charge >= 0.3 is 6.09 Å². The Morgan fingerprint density at radius 2 is 1.65 bits per heavy atom. The van der Waals surface area contributed by atoms with Crippen molar-refractivity contribution in [3.8, 4) is 0 Å². The maximum atomic E-state index is 14.2. The van der Waals surface area contributed by atoms with Gasteiger partial charge in [-0.05, 0) is 82.5 Å². The molecular weight excluding hydrogens is 548 g/mol. The Balaban J connectivity index is 1.81. The summed E-state index contributed by atoms with van der Waals surface area (Å²) < 4.78 is 5.50. The number of hydrogen-bond donors (Lipinski definition) is 3. The van der Waals surface area contributed by atoms with E-state index in [1.165, 1.54) is 0 Å². The number of nitrogens with one attached hydrogen (secondary N) is 3. The van der Waals surface area contributed by atoms with Crippen LogP contribution in [0.5, 0.6) is 0 Å². The smallest absolute Gasteiger partial charge is 0.408 e. The van der Waals surface area contributed by atoms with E-state index >= 15 is 0 Å². The zero-order chi connectivity index (χ0) is 31.9. The summed E-state index contributed by atoms with van der Waals surface area (Å²) in [5, 5.41) is 8.31. The van der Waals surface area contributed by atoms with Gasteiger partial charge < -0.3 is 25.6 Å². The van der Waals surface area contributed by atoms with E-state index < -0.39 is 47.4 Å². The lowest BCUT2D eigenvalue weighted by molar-refractivity contribution is -0.145. The molecule has 4 amide bonds. The van der Waals surface area contributed by atoms with Crippen LogP contribution < -0.4 is 16.0 Å². The van der Waals surface area contributed by atoms with Crippen LogP contribution in [0.15, 0.2) is 25.3 Å². The lowest BCUT2D eigenvalue weighted by Gasteiger charge is -2.37. The number of unbranched alkanes of at least 4 members (excludes halogenated alkanes) is 1. The number of nitrogens with zero attached hydrogens (tertiary/aromatic N) is 1. The van der Waals surface area contributed by atoms with Crippen LogP contribution in [0.2, 0.25) is 0 Å². The van der Waals surface area contributed by atoms with Gasteiger partial charge in [0.2, 0.25) is 17.6 Å². The van der Waals surface area contributed by atoms with E-state index in [1.54, 1.807) is 37.8 Å². The number of likely N-dealkylation sites (tertiary alicyclic amines) is 1. The zero-order valence-corrected chi connectivity index (χ0v) is 26.7. The van der Waals surface area contributed by atoms with Gasteiger partial charge in [0.25, 0.3) is 5.91 Å². The highest BCUT2D eigenvalue weighted by molar-refractivity contribution is 6.38. The lowest BCUT2D eigenvalue weighted by Crippen LogP contribution is -2.59.